The minimum atomic E-state index is -4.64. The summed E-state index contributed by atoms with van der Waals surface area (Å²) in [4.78, 5) is 11.6. The fraction of sp³-hybridized carbons (Fsp3) is 0.333. The van der Waals surface area contributed by atoms with Crippen molar-refractivity contribution in [2.45, 2.75) is 19.1 Å². The van der Waals surface area contributed by atoms with Gasteiger partial charge < -0.3 is 10.6 Å². The largest absolute Gasteiger partial charge is 0.418 e. The van der Waals surface area contributed by atoms with Gasteiger partial charge in [0.15, 0.2) is 0 Å². The normalized spacial score (nSPS) is 12.6. The predicted octanol–water partition coefficient (Wildman–Crippen LogP) is 2.12. The zero-order valence-corrected chi connectivity index (χ0v) is 10.3. The van der Waals surface area contributed by atoms with Crippen LogP contribution < -0.4 is 10.6 Å². The average molecular weight is 271 g/mol. The highest BCUT2D eigenvalue weighted by Crippen LogP contribution is 2.35. The Bertz CT molecular complexity index is 520. The van der Waals surface area contributed by atoms with Crippen molar-refractivity contribution in [2.75, 3.05) is 12.4 Å². The van der Waals surface area contributed by atoms with Crippen molar-refractivity contribution in [3.8, 4) is 6.07 Å². The number of anilines is 1. The number of hydrogen-bond donors (Lipinski definition) is 2. The monoisotopic (exact) mass is 271 g/mol. The standard InChI is InChI=1S/C12H12F3N3O/c1-7(17-2)11(19)18-10-4-3-8(6-16)5-9(10)12(13,14)15/h3-5,7,17H,1-2H3,(H,18,19). The van der Waals surface area contributed by atoms with E-state index in [1.54, 1.807) is 6.07 Å². The van der Waals surface area contributed by atoms with Crippen LogP contribution >= 0.6 is 0 Å². The number of rotatable bonds is 3. The molecule has 7 heteroatoms. The zero-order valence-electron chi connectivity index (χ0n) is 10.3. The molecule has 0 saturated carbocycles. The zero-order chi connectivity index (χ0) is 14.6. The number of nitrogens with zero attached hydrogens (tertiary/aromatic N) is 1. The first-order valence-electron chi connectivity index (χ1n) is 5.39. The molecular formula is C12H12F3N3O. The molecule has 0 fully saturated rings. The third-order valence-corrected chi connectivity index (χ3v) is 2.54. The van der Waals surface area contributed by atoms with Gasteiger partial charge in [0.1, 0.15) is 0 Å². The molecule has 0 heterocycles. The quantitative estimate of drug-likeness (QED) is 0.885. The number of carbonyl (C=O) groups is 1. The number of carbonyl (C=O) groups excluding carboxylic acids is 1. The fourth-order valence-corrected chi connectivity index (χ4v) is 1.33. The van der Waals surface area contributed by atoms with Gasteiger partial charge >= 0.3 is 6.18 Å². The Labute approximate surface area is 108 Å². The summed E-state index contributed by atoms with van der Waals surface area (Å²) in [5.41, 5.74) is -1.52. The number of amides is 1. The maximum Gasteiger partial charge on any atom is 0.418 e. The molecule has 0 bridgehead atoms. The van der Waals surface area contributed by atoms with Gasteiger partial charge in [-0.3, -0.25) is 4.79 Å². The summed E-state index contributed by atoms with van der Waals surface area (Å²) in [5.74, 6) is -0.585. The van der Waals surface area contributed by atoms with Gasteiger partial charge in [0.05, 0.1) is 28.9 Å². The first kappa shape index (κ1) is 15.0. The second-order valence-electron chi connectivity index (χ2n) is 3.87. The molecule has 1 aromatic rings. The molecule has 1 amide bonds. The molecule has 1 aromatic carbocycles. The van der Waals surface area contributed by atoms with E-state index < -0.39 is 23.7 Å². The predicted molar refractivity (Wildman–Crippen MR) is 63.3 cm³/mol. The lowest BCUT2D eigenvalue weighted by Crippen LogP contribution is -2.36. The second kappa shape index (κ2) is 5.71. The van der Waals surface area contributed by atoms with Crippen LogP contribution in [0.5, 0.6) is 0 Å². The molecule has 0 saturated heterocycles. The topological polar surface area (TPSA) is 64.9 Å². The van der Waals surface area contributed by atoms with Gasteiger partial charge in [0.2, 0.25) is 5.91 Å². The van der Waals surface area contributed by atoms with Crippen LogP contribution in [0.1, 0.15) is 18.1 Å². The minimum Gasteiger partial charge on any atom is -0.324 e. The number of benzene rings is 1. The van der Waals surface area contributed by atoms with Crippen LogP contribution in [-0.4, -0.2) is 19.0 Å². The lowest BCUT2D eigenvalue weighted by Gasteiger charge is -2.16. The van der Waals surface area contributed by atoms with Crippen LogP contribution in [0, 0.1) is 11.3 Å². The van der Waals surface area contributed by atoms with E-state index in [-0.39, 0.29) is 11.3 Å². The van der Waals surface area contributed by atoms with Crippen molar-refractivity contribution in [1.29, 1.82) is 5.26 Å². The van der Waals surface area contributed by atoms with E-state index in [2.05, 4.69) is 10.6 Å². The second-order valence-corrected chi connectivity index (χ2v) is 3.87. The van der Waals surface area contributed by atoms with E-state index in [9.17, 15) is 18.0 Å². The molecule has 0 aliphatic carbocycles. The molecule has 0 aliphatic heterocycles. The third-order valence-electron chi connectivity index (χ3n) is 2.54. The first-order chi connectivity index (χ1) is 8.79. The average Bonchev–Trinajstić information content (AvgIpc) is 2.36. The highest BCUT2D eigenvalue weighted by atomic mass is 19.4. The molecule has 1 atom stereocenters. The smallest absolute Gasteiger partial charge is 0.324 e. The fourth-order valence-electron chi connectivity index (χ4n) is 1.33. The Morgan fingerprint density at radius 2 is 2.05 bits per heavy atom. The Hall–Kier alpha value is -2.07. The van der Waals surface area contributed by atoms with Gasteiger partial charge in [0, 0.05) is 0 Å². The summed E-state index contributed by atoms with van der Waals surface area (Å²) in [5, 5.41) is 13.4. The SMILES string of the molecule is CNC(C)C(=O)Nc1ccc(C#N)cc1C(F)(F)F. The van der Waals surface area contributed by atoms with Gasteiger partial charge in [0.25, 0.3) is 0 Å². The molecule has 0 aromatic heterocycles. The lowest BCUT2D eigenvalue weighted by molar-refractivity contribution is -0.137. The molecule has 2 N–H and O–H groups in total. The molecule has 1 rings (SSSR count). The Morgan fingerprint density at radius 1 is 1.42 bits per heavy atom. The highest BCUT2D eigenvalue weighted by Gasteiger charge is 2.34. The molecule has 102 valence electrons. The summed E-state index contributed by atoms with van der Waals surface area (Å²) in [7, 11) is 1.52. The molecule has 4 nitrogen and oxygen atoms in total. The number of hydrogen-bond acceptors (Lipinski definition) is 3. The summed E-state index contributed by atoms with van der Waals surface area (Å²) in [6.45, 7) is 1.52. The number of nitrogens with one attached hydrogen (secondary N) is 2. The van der Waals surface area contributed by atoms with Crippen LogP contribution in [0.15, 0.2) is 18.2 Å². The first-order valence-corrected chi connectivity index (χ1v) is 5.39. The van der Waals surface area contributed by atoms with Crippen molar-refractivity contribution in [1.82, 2.24) is 5.32 Å². The summed E-state index contributed by atoms with van der Waals surface area (Å²) in [6.07, 6.45) is -4.64. The molecule has 19 heavy (non-hydrogen) atoms. The van der Waals surface area contributed by atoms with E-state index in [0.29, 0.717) is 6.07 Å². The van der Waals surface area contributed by atoms with Gasteiger partial charge in [-0.05, 0) is 32.2 Å². The Balaban J connectivity index is 3.14. The van der Waals surface area contributed by atoms with Gasteiger partial charge in [-0.1, -0.05) is 0 Å². The number of halogens is 3. The maximum atomic E-state index is 12.8. The van der Waals surface area contributed by atoms with E-state index in [4.69, 9.17) is 5.26 Å². The molecule has 0 radical (unpaired) electrons. The van der Waals surface area contributed by atoms with E-state index in [0.717, 1.165) is 6.07 Å². The van der Waals surface area contributed by atoms with Gasteiger partial charge in [-0.2, -0.15) is 18.4 Å². The van der Waals surface area contributed by atoms with Gasteiger partial charge in [-0.15, -0.1) is 0 Å². The molecule has 0 aliphatic rings. The molecule has 1 unspecified atom stereocenters. The van der Waals surface area contributed by atoms with Crippen LogP contribution in [0.2, 0.25) is 0 Å². The summed E-state index contributed by atoms with van der Waals surface area (Å²) >= 11 is 0. The van der Waals surface area contributed by atoms with E-state index in [1.165, 1.54) is 20.0 Å². The van der Waals surface area contributed by atoms with E-state index >= 15 is 0 Å². The van der Waals surface area contributed by atoms with Crippen molar-refractivity contribution < 1.29 is 18.0 Å². The van der Waals surface area contributed by atoms with Crippen LogP contribution in [0.4, 0.5) is 18.9 Å². The molecular weight excluding hydrogens is 259 g/mol. The number of alkyl halides is 3. The van der Waals surface area contributed by atoms with Crippen molar-refractivity contribution >= 4 is 11.6 Å². The Kier molecular flexibility index (Phi) is 4.51. The maximum absolute atomic E-state index is 12.8. The van der Waals surface area contributed by atoms with Crippen molar-refractivity contribution in [3.63, 3.8) is 0 Å². The summed E-state index contributed by atoms with van der Waals surface area (Å²) in [6, 6.07) is 4.00. The van der Waals surface area contributed by atoms with Crippen LogP contribution in [0.3, 0.4) is 0 Å². The lowest BCUT2D eigenvalue weighted by atomic mass is 10.1. The summed E-state index contributed by atoms with van der Waals surface area (Å²) < 4.78 is 38.5. The van der Waals surface area contributed by atoms with Crippen molar-refractivity contribution in [2.24, 2.45) is 0 Å². The van der Waals surface area contributed by atoms with Gasteiger partial charge in [-0.25, -0.2) is 0 Å². The van der Waals surface area contributed by atoms with Crippen LogP contribution in [-0.2, 0) is 11.0 Å². The third kappa shape index (κ3) is 3.69. The van der Waals surface area contributed by atoms with Crippen LogP contribution in [0.25, 0.3) is 0 Å². The molecule has 0 spiro atoms. The Morgan fingerprint density at radius 3 is 2.53 bits per heavy atom. The van der Waals surface area contributed by atoms with Crippen molar-refractivity contribution in [3.05, 3.63) is 29.3 Å². The minimum absolute atomic E-state index is 0.119. The number of nitriles is 1. The number of likely N-dealkylation sites (N-methyl/N-ethyl adjacent to an activating group) is 1. The highest BCUT2D eigenvalue weighted by molar-refractivity contribution is 5.95. The van der Waals surface area contributed by atoms with E-state index in [1.807, 2.05) is 0 Å².